The number of hydrogen-bond donors (Lipinski definition) is 0. The van der Waals surface area contributed by atoms with Gasteiger partial charge in [0.1, 0.15) is 5.78 Å². The van der Waals surface area contributed by atoms with E-state index in [0.29, 0.717) is 11.7 Å². The van der Waals surface area contributed by atoms with Crippen molar-refractivity contribution in [1.29, 1.82) is 0 Å². The Morgan fingerprint density at radius 1 is 1.25 bits per heavy atom. The number of rotatable bonds is 1. The number of Topliss-reactive ketones (excluding diaryl/α,β-unsaturated/α-hetero) is 1. The SMILES string of the molecule is CC(=O)C1CC2C3C=CC(C3)C12. The molecule has 12 heavy (non-hydrogen) atoms. The first-order valence-corrected chi connectivity index (χ1v) is 4.96. The number of fused-ring (bicyclic) bond motifs is 5. The third kappa shape index (κ3) is 0.634. The van der Waals surface area contributed by atoms with Crippen molar-refractivity contribution in [1.82, 2.24) is 0 Å². The van der Waals surface area contributed by atoms with Gasteiger partial charge in [-0.05, 0) is 43.4 Å². The lowest BCUT2D eigenvalue weighted by Gasteiger charge is -2.44. The van der Waals surface area contributed by atoms with Crippen molar-refractivity contribution in [2.24, 2.45) is 29.6 Å². The highest BCUT2D eigenvalue weighted by Gasteiger charge is 2.56. The van der Waals surface area contributed by atoms with Gasteiger partial charge in [-0.25, -0.2) is 0 Å². The first-order valence-electron chi connectivity index (χ1n) is 4.96. The lowest BCUT2D eigenvalue weighted by atomic mass is 9.59. The molecule has 5 unspecified atom stereocenters. The average Bonchev–Trinajstić information content (AvgIpc) is 2.40. The van der Waals surface area contributed by atoms with Gasteiger partial charge in [0.2, 0.25) is 0 Å². The van der Waals surface area contributed by atoms with Crippen LogP contribution in [0.15, 0.2) is 12.2 Å². The summed E-state index contributed by atoms with van der Waals surface area (Å²) in [5.74, 6) is 4.09. The molecule has 64 valence electrons. The lowest BCUT2D eigenvalue weighted by Crippen LogP contribution is -2.42. The fourth-order valence-corrected chi connectivity index (χ4v) is 3.58. The van der Waals surface area contributed by atoms with Crippen molar-refractivity contribution in [2.75, 3.05) is 0 Å². The molecule has 5 atom stereocenters. The molecule has 0 aromatic rings. The Hall–Kier alpha value is -0.590. The summed E-state index contributed by atoms with van der Waals surface area (Å²) in [4.78, 5) is 11.2. The minimum Gasteiger partial charge on any atom is -0.300 e. The van der Waals surface area contributed by atoms with Gasteiger partial charge < -0.3 is 0 Å². The van der Waals surface area contributed by atoms with Crippen LogP contribution in [0.3, 0.4) is 0 Å². The molecule has 2 saturated carbocycles. The lowest BCUT2D eigenvalue weighted by molar-refractivity contribution is -0.129. The van der Waals surface area contributed by atoms with Gasteiger partial charge in [0.15, 0.2) is 0 Å². The first-order chi connectivity index (χ1) is 5.77. The molecule has 3 rings (SSSR count). The molecule has 1 nitrogen and oxygen atoms in total. The molecule has 0 aromatic heterocycles. The van der Waals surface area contributed by atoms with E-state index in [1.807, 2.05) is 0 Å². The average molecular weight is 162 g/mol. The second-order valence-corrected chi connectivity index (χ2v) is 4.64. The normalized spacial score (nSPS) is 53.6. The maximum Gasteiger partial charge on any atom is 0.133 e. The van der Waals surface area contributed by atoms with Gasteiger partial charge in [0.25, 0.3) is 0 Å². The van der Waals surface area contributed by atoms with Gasteiger partial charge in [-0.15, -0.1) is 0 Å². The van der Waals surface area contributed by atoms with Crippen LogP contribution in [0.2, 0.25) is 0 Å². The van der Waals surface area contributed by atoms with Crippen molar-refractivity contribution in [3.05, 3.63) is 12.2 Å². The summed E-state index contributed by atoms with van der Waals surface area (Å²) < 4.78 is 0. The zero-order valence-corrected chi connectivity index (χ0v) is 7.36. The molecular weight excluding hydrogens is 148 g/mol. The number of hydrogen-bond acceptors (Lipinski definition) is 1. The quantitative estimate of drug-likeness (QED) is 0.539. The van der Waals surface area contributed by atoms with Crippen molar-refractivity contribution in [3.63, 3.8) is 0 Å². The van der Waals surface area contributed by atoms with E-state index in [9.17, 15) is 4.79 Å². The van der Waals surface area contributed by atoms with Crippen LogP contribution < -0.4 is 0 Å². The number of carbonyl (C=O) groups is 1. The second-order valence-electron chi connectivity index (χ2n) is 4.64. The Kier molecular flexibility index (Phi) is 1.15. The monoisotopic (exact) mass is 162 g/mol. The summed E-state index contributed by atoms with van der Waals surface area (Å²) in [7, 11) is 0. The van der Waals surface area contributed by atoms with E-state index in [1.54, 1.807) is 6.92 Å². The predicted molar refractivity (Wildman–Crippen MR) is 46.5 cm³/mol. The summed E-state index contributed by atoms with van der Waals surface area (Å²) in [6.07, 6.45) is 7.26. The Morgan fingerprint density at radius 3 is 2.67 bits per heavy atom. The van der Waals surface area contributed by atoms with Crippen LogP contribution in [-0.4, -0.2) is 5.78 Å². The maximum absolute atomic E-state index is 11.2. The second kappa shape index (κ2) is 2.01. The molecule has 0 aromatic carbocycles. The molecule has 3 aliphatic rings. The van der Waals surface area contributed by atoms with E-state index in [0.717, 1.165) is 23.7 Å². The smallest absolute Gasteiger partial charge is 0.133 e. The number of ketones is 1. The van der Waals surface area contributed by atoms with E-state index in [2.05, 4.69) is 12.2 Å². The molecule has 0 saturated heterocycles. The van der Waals surface area contributed by atoms with E-state index >= 15 is 0 Å². The van der Waals surface area contributed by atoms with Crippen LogP contribution >= 0.6 is 0 Å². The fourth-order valence-electron chi connectivity index (χ4n) is 3.58. The molecule has 1 heteroatoms. The van der Waals surface area contributed by atoms with Gasteiger partial charge in [-0.3, -0.25) is 4.79 Å². The van der Waals surface area contributed by atoms with Gasteiger partial charge in [-0.2, -0.15) is 0 Å². The summed E-state index contributed by atoms with van der Waals surface area (Å²) in [6, 6.07) is 0. The molecule has 2 fully saturated rings. The molecule has 0 radical (unpaired) electrons. The van der Waals surface area contributed by atoms with Gasteiger partial charge >= 0.3 is 0 Å². The summed E-state index contributed by atoms with van der Waals surface area (Å²) in [5, 5.41) is 0. The highest BCUT2D eigenvalue weighted by molar-refractivity contribution is 5.80. The van der Waals surface area contributed by atoms with Crippen LogP contribution in [-0.2, 0) is 4.79 Å². The van der Waals surface area contributed by atoms with E-state index < -0.39 is 0 Å². The van der Waals surface area contributed by atoms with E-state index in [4.69, 9.17) is 0 Å². The molecule has 0 amide bonds. The summed E-state index contributed by atoms with van der Waals surface area (Å²) >= 11 is 0. The third-order valence-corrected chi connectivity index (χ3v) is 4.20. The molecule has 0 heterocycles. The highest BCUT2D eigenvalue weighted by Crippen LogP contribution is 2.60. The Balaban J connectivity index is 1.87. The third-order valence-electron chi connectivity index (χ3n) is 4.20. The Labute approximate surface area is 72.8 Å². The maximum atomic E-state index is 11.2. The van der Waals surface area contributed by atoms with Crippen LogP contribution in [0.4, 0.5) is 0 Å². The molecule has 0 aliphatic heterocycles. The summed E-state index contributed by atoms with van der Waals surface area (Å²) in [6.45, 7) is 1.76. The zero-order valence-electron chi connectivity index (χ0n) is 7.36. The predicted octanol–water partition coefficient (Wildman–Crippen LogP) is 2.03. The minimum absolute atomic E-state index is 0.426. The van der Waals surface area contributed by atoms with E-state index in [-0.39, 0.29) is 0 Å². The molecule has 0 spiro atoms. The molecule has 3 aliphatic carbocycles. The van der Waals surface area contributed by atoms with Gasteiger partial charge in [-0.1, -0.05) is 12.2 Å². The van der Waals surface area contributed by atoms with Crippen LogP contribution in [0, 0.1) is 29.6 Å². The van der Waals surface area contributed by atoms with E-state index in [1.165, 1.54) is 12.8 Å². The van der Waals surface area contributed by atoms with Crippen molar-refractivity contribution < 1.29 is 4.79 Å². The molecule has 0 N–H and O–H groups in total. The van der Waals surface area contributed by atoms with Crippen molar-refractivity contribution in [2.45, 2.75) is 19.8 Å². The number of allylic oxidation sites excluding steroid dienone is 2. The first kappa shape index (κ1) is 6.88. The number of carbonyl (C=O) groups excluding carboxylic acids is 1. The highest BCUT2D eigenvalue weighted by atomic mass is 16.1. The standard InChI is InChI=1S/C11H14O/c1-6(12)9-5-10-7-2-3-8(4-7)11(9)10/h2-3,7-11H,4-5H2,1H3. The van der Waals surface area contributed by atoms with Gasteiger partial charge in [0, 0.05) is 5.92 Å². The Morgan fingerprint density at radius 2 is 2.00 bits per heavy atom. The zero-order chi connectivity index (χ0) is 8.29. The van der Waals surface area contributed by atoms with Crippen molar-refractivity contribution >= 4 is 5.78 Å². The van der Waals surface area contributed by atoms with Crippen LogP contribution in [0.5, 0.6) is 0 Å². The van der Waals surface area contributed by atoms with Crippen LogP contribution in [0.1, 0.15) is 19.8 Å². The minimum atomic E-state index is 0.426. The fraction of sp³-hybridized carbons (Fsp3) is 0.727. The molecule has 2 bridgehead atoms. The topological polar surface area (TPSA) is 17.1 Å². The largest absolute Gasteiger partial charge is 0.300 e. The van der Waals surface area contributed by atoms with Crippen LogP contribution in [0.25, 0.3) is 0 Å². The van der Waals surface area contributed by atoms with Gasteiger partial charge in [0.05, 0.1) is 0 Å². The Bertz CT molecular complexity index is 266. The molecular formula is C11H14O. The summed E-state index contributed by atoms with van der Waals surface area (Å²) in [5.41, 5.74) is 0. The van der Waals surface area contributed by atoms with Crippen molar-refractivity contribution in [3.8, 4) is 0 Å².